The summed E-state index contributed by atoms with van der Waals surface area (Å²) in [5.74, 6) is 1.09. The highest BCUT2D eigenvalue weighted by Gasteiger charge is 2.14. The zero-order chi connectivity index (χ0) is 13.2. The van der Waals surface area contributed by atoms with Crippen LogP contribution in [0.4, 0.5) is 0 Å². The van der Waals surface area contributed by atoms with Crippen LogP contribution < -0.4 is 10.3 Å². The van der Waals surface area contributed by atoms with E-state index in [1.165, 1.54) is 0 Å². The van der Waals surface area contributed by atoms with Crippen molar-refractivity contribution in [2.45, 2.75) is 19.8 Å². The maximum absolute atomic E-state index is 11.5. The number of nitrogens with zero attached hydrogens (tertiary/aromatic N) is 1. The molecule has 98 valence electrons. The molecule has 1 N–H and O–H groups in total. The normalized spacial score (nSPS) is 11.2. The lowest BCUT2D eigenvalue weighted by Crippen LogP contribution is -1.99. The van der Waals surface area contributed by atoms with E-state index in [0.29, 0.717) is 23.6 Å². The topological polar surface area (TPSA) is 68.1 Å². The molecule has 0 aromatic heterocycles. The van der Waals surface area contributed by atoms with Crippen molar-refractivity contribution in [3.8, 4) is 17.2 Å². The minimum Gasteiger partial charge on any atom is -0.493 e. The zero-order valence-corrected chi connectivity index (χ0v) is 10.6. The van der Waals surface area contributed by atoms with Gasteiger partial charge in [-0.05, 0) is 24.6 Å². The van der Waals surface area contributed by atoms with Gasteiger partial charge in [0, 0.05) is 11.5 Å². The number of hydrogen-bond donors (Lipinski definition) is 1. The molecule has 0 unspecified atom stereocenters. The van der Waals surface area contributed by atoms with E-state index in [4.69, 9.17) is 9.15 Å². The second kappa shape index (κ2) is 4.76. The van der Waals surface area contributed by atoms with Crippen LogP contribution in [0, 0.1) is 0 Å². The third-order valence-electron chi connectivity index (χ3n) is 2.99. The smallest absolute Gasteiger partial charge is 0.277 e. The summed E-state index contributed by atoms with van der Waals surface area (Å²) in [7, 11) is 0. The average Bonchev–Trinajstić information content (AvgIpc) is 2.78. The summed E-state index contributed by atoms with van der Waals surface area (Å²) in [5, 5.41) is 7.06. The molecule has 0 bridgehead atoms. The molecule has 0 radical (unpaired) electrons. The third-order valence-corrected chi connectivity index (χ3v) is 2.99. The molecule has 3 rings (SSSR count). The van der Waals surface area contributed by atoms with E-state index in [1.807, 2.05) is 18.2 Å². The number of H-pyrrole nitrogens is 1. The molecule has 0 spiro atoms. The Bertz CT molecular complexity index is 729. The van der Waals surface area contributed by atoms with E-state index in [0.717, 1.165) is 24.0 Å². The van der Waals surface area contributed by atoms with Gasteiger partial charge < -0.3 is 9.15 Å². The number of benzene rings is 1. The van der Waals surface area contributed by atoms with Crippen molar-refractivity contribution in [3.63, 3.8) is 0 Å². The molecule has 0 saturated carbocycles. The van der Waals surface area contributed by atoms with Crippen LogP contribution in [0.3, 0.4) is 0 Å². The summed E-state index contributed by atoms with van der Waals surface area (Å²) < 4.78 is 11.2. The number of nitrogens with one attached hydrogen (secondary N) is 1. The SMILES string of the molecule is CCCCOc1ccc2cc3c(=O)[nH]nc-3oc2c1. The molecule has 2 heterocycles. The Morgan fingerprint density at radius 2 is 2.26 bits per heavy atom. The number of ether oxygens (including phenoxy) is 1. The molecule has 5 nitrogen and oxygen atoms in total. The molecule has 0 amide bonds. The molecule has 2 aliphatic heterocycles. The summed E-state index contributed by atoms with van der Waals surface area (Å²) in [6.07, 6.45) is 2.12. The predicted molar refractivity (Wildman–Crippen MR) is 71.7 cm³/mol. The summed E-state index contributed by atoms with van der Waals surface area (Å²) in [6, 6.07) is 7.36. The highest BCUT2D eigenvalue weighted by molar-refractivity contribution is 5.82. The Morgan fingerprint density at radius 1 is 1.37 bits per heavy atom. The van der Waals surface area contributed by atoms with Gasteiger partial charge in [0.05, 0.1) is 6.61 Å². The Kier molecular flexibility index (Phi) is 2.95. The first kappa shape index (κ1) is 11.8. The van der Waals surface area contributed by atoms with Crippen LogP contribution in [-0.4, -0.2) is 16.8 Å². The number of fused-ring (bicyclic) bond motifs is 2. The van der Waals surface area contributed by atoms with Crippen LogP contribution in [0.25, 0.3) is 22.4 Å². The first-order chi connectivity index (χ1) is 9.28. The second-order valence-corrected chi connectivity index (χ2v) is 4.42. The summed E-state index contributed by atoms with van der Waals surface area (Å²) in [4.78, 5) is 11.5. The van der Waals surface area contributed by atoms with Crippen molar-refractivity contribution in [2.24, 2.45) is 0 Å². The Labute approximate surface area is 109 Å². The molecule has 1 aromatic carbocycles. The zero-order valence-electron chi connectivity index (χ0n) is 10.6. The van der Waals surface area contributed by atoms with Crippen molar-refractivity contribution in [3.05, 3.63) is 34.6 Å². The first-order valence-corrected chi connectivity index (χ1v) is 6.32. The van der Waals surface area contributed by atoms with Crippen LogP contribution >= 0.6 is 0 Å². The minimum atomic E-state index is -0.232. The first-order valence-electron chi connectivity index (χ1n) is 6.32. The largest absolute Gasteiger partial charge is 0.493 e. The van der Waals surface area contributed by atoms with Crippen molar-refractivity contribution in [2.75, 3.05) is 6.61 Å². The quantitative estimate of drug-likeness (QED) is 0.730. The van der Waals surface area contributed by atoms with Gasteiger partial charge >= 0.3 is 0 Å². The van der Waals surface area contributed by atoms with E-state index < -0.39 is 0 Å². The van der Waals surface area contributed by atoms with Gasteiger partial charge in [-0.1, -0.05) is 13.3 Å². The van der Waals surface area contributed by atoms with Gasteiger partial charge in [-0.25, -0.2) is 5.10 Å². The lowest BCUT2D eigenvalue weighted by molar-refractivity contribution is 0.309. The van der Waals surface area contributed by atoms with Gasteiger partial charge in [0.25, 0.3) is 5.56 Å². The fourth-order valence-corrected chi connectivity index (χ4v) is 1.93. The van der Waals surface area contributed by atoms with Gasteiger partial charge in [-0.15, -0.1) is 5.10 Å². The van der Waals surface area contributed by atoms with Gasteiger partial charge in [0.1, 0.15) is 16.9 Å². The van der Waals surface area contributed by atoms with Crippen molar-refractivity contribution in [1.82, 2.24) is 10.2 Å². The van der Waals surface area contributed by atoms with Gasteiger partial charge in [0.2, 0.25) is 5.89 Å². The van der Waals surface area contributed by atoms with Gasteiger partial charge in [0.15, 0.2) is 0 Å². The van der Waals surface area contributed by atoms with Crippen LogP contribution in [0.1, 0.15) is 19.8 Å². The second-order valence-electron chi connectivity index (χ2n) is 4.42. The van der Waals surface area contributed by atoms with E-state index in [2.05, 4.69) is 17.1 Å². The maximum Gasteiger partial charge on any atom is 0.277 e. The lowest BCUT2D eigenvalue weighted by atomic mass is 10.2. The van der Waals surface area contributed by atoms with Crippen molar-refractivity contribution >= 4 is 11.0 Å². The fourth-order valence-electron chi connectivity index (χ4n) is 1.93. The van der Waals surface area contributed by atoms with Crippen LogP contribution in [0.2, 0.25) is 0 Å². The summed E-state index contributed by atoms with van der Waals surface area (Å²) in [6.45, 7) is 2.81. The van der Waals surface area contributed by atoms with Crippen molar-refractivity contribution < 1.29 is 9.15 Å². The van der Waals surface area contributed by atoms with E-state index in [9.17, 15) is 4.79 Å². The monoisotopic (exact) mass is 258 g/mol. The molecule has 0 atom stereocenters. The maximum atomic E-state index is 11.5. The van der Waals surface area contributed by atoms with Gasteiger partial charge in [-0.2, -0.15) is 0 Å². The van der Waals surface area contributed by atoms with E-state index >= 15 is 0 Å². The van der Waals surface area contributed by atoms with E-state index in [-0.39, 0.29) is 5.56 Å². The number of unbranched alkanes of at least 4 members (excludes halogenated alkanes) is 1. The van der Waals surface area contributed by atoms with Crippen LogP contribution in [0.5, 0.6) is 5.75 Å². The number of rotatable bonds is 4. The third kappa shape index (κ3) is 2.19. The molecule has 19 heavy (non-hydrogen) atoms. The average molecular weight is 258 g/mol. The molecular weight excluding hydrogens is 244 g/mol. The van der Waals surface area contributed by atoms with Crippen LogP contribution in [0.15, 0.2) is 33.5 Å². The lowest BCUT2D eigenvalue weighted by Gasteiger charge is -2.06. The van der Waals surface area contributed by atoms with Gasteiger partial charge in [-0.3, -0.25) is 4.79 Å². The van der Waals surface area contributed by atoms with E-state index in [1.54, 1.807) is 6.07 Å². The molecule has 0 fully saturated rings. The minimum absolute atomic E-state index is 0.232. The predicted octanol–water partition coefficient (Wildman–Crippen LogP) is 2.80. The Morgan fingerprint density at radius 3 is 3.11 bits per heavy atom. The Balaban J connectivity index is 2.01. The fraction of sp³-hybridized carbons (Fsp3) is 0.286. The molecule has 5 heteroatoms. The molecule has 0 aliphatic carbocycles. The highest BCUT2D eigenvalue weighted by atomic mass is 16.5. The highest BCUT2D eigenvalue weighted by Crippen LogP contribution is 2.27. The molecule has 2 aliphatic rings. The number of aromatic nitrogens is 2. The van der Waals surface area contributed by atoms with Crippen LogP contribution in [-0.2, 0) is 0 Å². The molecule has 1 aromatic rings. The Hall–Kier alpha value is -2.30. The van der Waals surface area contributed by atoms with Crippen molar-refractivity contribution in [1.29, 1.82) is 0 Å². The summed E-state index contributed by atoms with van der Waals surface area (Å²) in [5.41, 5.74) is 0.893. The summed E-state index contributed by atoms with van der Waals surface area (Å²) >= 11 is 0. The molecule has 0 saturated heterocycles. The number of hydrogen-bond acceptors (Lipinski definition) is 4. The molecular formula is C14H14N2O3. The standard InChI is InChI=1S/C14H14N2O3/c1-2-3-6-18-10-5-4-9-7-11-13(17)15-16-14(11)19-12(9)8-10/h4-5,7-8H,2-3,6H2,1H3,(H,15,17). The number of aromatic amines is 1.